The Balaban J connectivity index is 2.69. The van der Waals surface area contributed by atoms with Crippen molar-refractivity contribution in [3.05, 3.63) is 29.6 Å². The van der Waals surface area contributed by atoms with E-state index in [1.54, 1.807) is 0 Å². The largest absolute Gasteiger partial charge is 0.416 e. The van der Waals surface area contributed by atoms with Gasteiger partial charge in [-0.3, -0.25) is 0 Å². The molecule has 0 amide bonds. The van der Waals surface area contributed by atoms with Crippen LogP contribution in [0.5, 0.6) is 0 Å². The SMILES string of the molecule is FC(F)(F)c1cc(CBr)c2nc[nH]c2c1. The van der Waals surface area contributed by atoms with Gasteiger partial charge in [0.15, 0.2) is 0 Å². The maximum atomic E-state index is 12.5. The monoisotopic (exact) mass is 278 g/mol. The van der Waals surface area contributed by atoms with Crippen molar-refractivity contribution in [1.82, 2.24) is 9.97 Å². The third kappa shape index (κ3) is 1.86. The van der Waals surface area contributed by atoms with Crippen molar-refractivity contribution in [2.75, 3.05) is 0 Å². The summed E-state index contributed by atoms with van der Waals surface area (Å²) in [6.07, 6.45) is -2.94. The van der Waals surface area contributed by atoms with E-state index in [0.29, 0.717) is 21.9 Å². The van der Waals surface area contributed by atoms with Gasteiger partial charge in [-0.15, -0.1) is 0 Å². The summed E-state index contributed by atoms with van der Waals surface area (Å²) in [5, 5.41) is 0.346. The molecule has 2 aromatic rings. The number of imidazole rings is 1. The van der Waals surface area contributed by atoms with Crippen LogP contribution in [0.15, 0.2) is 18.5 Å². The van der Waals surface area contributed by atoms with E-state index in [0.717, 1.165) is 12.1 Å². The van der Waals surface area contributed by atoms with Crippen LogP contribution in [0.3, 0.4) is 0 Å². The van der Waals surface area contributed by atoms with Crippen molar-refractivity contribution >= 4 is 27.0 Å². The van der Waals surface area contributed by atoms with Crippen molar-refractivity contribution in [3.8, 4) is 0 Å². The number of benzene rings is 1. The lowest BCUT2D eigenvalue weighted by atomic mass is 10.1. The fraction of sp³-hybridized carbons (Fsp3) is 0.222. The number of nitrogens with zero attached hydrogens (tertiary/aromatic N) is 1. The molecule has 0 spiro atoms. The van der Waals surface area contributed by atoms with Gasteiger partial charge >= 0.3 is 6.18 Å². The van der Waals surface area contributed by atoms with E-state index < -0.39 is 11.7 Å². The second kappa shape index (κ2) is 3.52. The van der Waals surface area contributed by atoms with E-state index in [1.165, 1.54) is 6.33 Å². The summed E-state index contributed by atoms with van der Waals surface area (Å²) in [4.78, 5) is 6.63. The number of alkyl halides is 4. The van der Waals surface area contributed by atoms with Crippen LogP contribution < -0.4 is 0 Å². The molecule has 1 aromatic heterocycles. The Morgan fingerprint density at radius 2 is 2.07 bits per heavy atom. The Labute approximate surface area is 91.6 Å². The van der Waals surface area contributed by atoms with Crippen molar-refractivity contribution in [1.29, 1.82) is 0 Å². The predicted molar refractivity (Wildman–Crippen MR) is 53.7 cm³/mol. The summed E-state index contributed by atoms with van der Waals surface area (Å²) in [7, 11) is 0. The van der Waals surface area contributed by atoms with Crippen LogP contribution >= 0.6 is 15.9 Å². The molecule has 0 bridgehead atoms. The molecule has 2 nitrogen and oxygen atoms in total. The Morgan fingerprint density at radius 1 is 1.33 bits per heavy atom. The molecule has 0 aliphatic carbocycles. The number of halogens is 4. The Hall–Kier alpha value is -1.04. The summed E-state index contributed by atoms with van der Waals surface area (Å²) >= 11 is 3.14. The molecule has 2 rings (SSSR count). The van der Waals surface area contributed by atoms with E-state index in [-0.39, 0.29) is 0 Å². The Bertz CT molecular complexity index is 490. The smallest absolute Gasteiger partial charge is 0.345 e. The van der Waals surface area contributed by atoms with Gasteiger partial charge in [0, 0.05) is 5.33 Å². The highest BCUT2D eigenvalue weighted by molar-refractivity contribution is 9.08. The van der Waals surface area contributed by atoms with Crippen LogP contribution in [-0.4, -0.2) is 9.97 Å². The van der Waals surface area contributed by atoms with Crippen LogP contribution in [0.4, 0.5) is 13.2 Å². The average Bonchev–Trinajstić information content (AvgIpc) is 2.62. The van der Waals surface area contributed by atoms with Gasteiger partial charge in [-0.25, -0.2) is 4.98 Å². The molecule has 0 atom stereocenters. The molecular formula is C9H6BrF3N2. The first-order valence-electron chi connectivity index (χ1n) is 4.11. The van der Waals surface area contributed by atoms with Crippen LogP contribution in [0.1, 0.15) is 11.1 Å². The zero-order valence-corrected chi connectivity index (χ0v) is 8.98. The number of rotatable bonds is 1. The molecule has 0 fully saturated rings. The molecular weight excluding hydrogens is 273 g/mol. The number of hydrogen-bond acceptors (Lipinski definition) is 1. The van der Waals surface area contributed by atoms with Gasteiger partial charge in [-0.05, 0) is 17.7 Å². The first-order valence-corrected chi connectivity index (χ1v) is 5.23. The van der Waals surface area contributed by atoms with Gasteiger partial charge in [0.2, 0.25) is 0 Å². The number of hydrogen-bond donors (Lipinski definition) is 1. The first-order chi connectivity index (χ1) is 7.02. The normalized spacial score (nSPS) is 12.3. The topological polar surface area (TPSA) is 28.7 Å². The van der Waals surface area contributed by atoms with Crippen molar-refractivity contribution < 1.29 is 13.2 Å². The lowest BCUT2D eigenvalue weighted by Gasteiger charge is -2.08. The number of aromatic amines is 1. The summed E-state index contributed by atoms with van der Waals surface area (Å²) < 4.78 is 37.5. The number of nitrogens with one attached hydrogen (secondary N) is 1. The van der Waals surface area contributed by atoms with Gasteiger partial charge in [0.25, 0.3) is 0 Å². The fourth-order valence-corrected chi connectivity index (χ4v) is 1.82. The summed E-state index contributed by atoms with van der Waals surface area (Å²) in [5.74, 6) is 0. The molecule has 0 saturated heterocycles. The van der Waals surface area contributed by atoms with Gasteiger partial charge in [0.05, 0.1) is 22.9 Å². The minimum Gasteiger partial charge on any atom is -0.345 e. The van der Waals surface area contributed by atoms with Crippen LogP contribution in [0.25, 0.3) is 11.0 Å². The molecule has 1 heterocycles. The average molecular weight is 279 g/mol. The summed E-state index contributed by atoms with van der Waals surface area (Å²) in [6.45, 7) is 0. The molecule has 6 heteroatoms. The van der Waals surface area contributed by atoms with Gasteiger partial charge in [0.1, 0.15) is 0 Å². The number of H-pyrrole nitrogens is 1. The van der Waals surface area contributed by atoms with Gasteiger partial charge in [-0.2, -0.15) is 13.2 Å². The molecule has 80 valence electrons. The molecule has 15 heavy (non-hydrogen) atoms. The maximum absolute atomic E-state index is 12.5. The van der Waals surface area contributed by atoms with Gasteiger partial charge < -0.3 is 4.98 Å². The zero-order valence-electron chi connectivity index (χ0n) is 7.40. The molecule has 0 saturated carbocycles. The van der Waals surface area contributed by atoms with E-state index in [1.807, 2.05) is 0 Å². The molecule has 0 aliphatic rings. The zero-order chi connectivity index (χ0) is 11.1. The van der Waals surface area contributed by atoms with E-state index in [9.17, 15) is 13.2 Å². The van der Waals surface area contributed by atoms with Crippen LogP contribution in [0, 0.1) is 0 Å². The molecule has 1 N–H and O–H groups in total. The predicted octanol–water partition coefficient (Wildman–Crippen LogP) is 3.48. The highest BCUT2D eigenvalue weighted by Gasteiger charge is 2.31. The first kappa shape index (κ1) is 10.5. The minimum atomic E-state index is -4.32. The minimum absolute atomic E-state index is 0.346. The van der Waals surface area contributed by atoms with Gasteiger partial charge in [-0.1, -0.05) is 15.9 Å². The fourth-order valence-electron chi connectivity index (χ4n) is 1.39. The quantitative estimate of drug-likeness (QED) is 0.795. The molecule has 0 aliphatic heterocycles. The maximum Gasteiger partial charge on any atom is 0.416 e. The standard InChI is InChI=1S/C9H6BrF3N2/c10-3-5-1-6(9(11,12)13)2-7-8(5)15-4-14-7/h1-2,4H,3H2,(H,14,15). The summed E-state index contributed by atoms with van der Waals surface area (Å²) in [5.41, 5.74) is 0.842. The third-order valence-corrected chi connectivity index (χ3v) is 2.68. The van der Waals surface area contributed by atoms with Crippen molar-refractivity contribution in [2.24, 2.45) is 0 Å². The van der Waals surface area contributed by atoms with E-state index in [4.69, 9.17) is 0 Å². The van der Waals surface area contributed by atoms with E-state index >= 15 is 0 Å². The lowest BCUT2D eigenvalue weighted by Crippen LogP contribution is -2.05. The number of aromatic nitrogens is 2. The summed E-state index contributed by atoms with van der Waals surface area (Å²) in [6, 6.07) is 2.17. The third-order valence-electron chi connectivity index (χ3n) is 2.07. The molecule has 0 radical (unpaired) electrons. The Morgan fingerprint density at radius 3 is 2.67 bits per heavy atom. The highest BCUT2D eigenvalue weighted by Crippen LogP contribution is 2.32. The second-order valence-corrected chi connectivity index (χ2v) is 3.63. The molecule has 0 unspecified atom stereocenters. The van der Waals surface area contributed by atoms with Crippen LogP contribution in [-0.2, 0) is 11.5 Å². The highest BCUT2D eigenvalue weighted by atomic mass is 79.9. The number of fused-ring (bicyclic) bond motifs is 1. The second-order valence-electron chi connectivity index (χ2n) is 3.07. The lowest BCUT2D eigenvalue weighted by molar-refractivity contribution is -0.137. The van der Waals surface area contributed by atoms with Crippen molar-refractivity contribution in [2.45, 2.75) is 11.5 Å². The van der Waals surface area contributed by atoms with Crippen LogP contribution in [0.2, 0.25) is 0 Å². The van der Waals surface area contributed by atoms with E-state index in [2.05, 4.69) is 25.9 Å². The Kier molecular flexibility index (Phi) is 2.46. The van der Waals surface area contributed by atoms with Crippen molar-refractivity contribution in [3.63, 3.8) is 0 Å². The molecule has 1 aromatic carbocycles.